The van der Waals surface area contributed by atoms with Crippen molar-refractivity contribution in [1.82, 2.24) is 4.98 Å². The van der Waals surface area contributed by atoms with Crippen molar-refractivity contribution in [2.75, 3.05) is 0 Å². The number of carboxylic acids is 2. The summed E-state index contributed by atoms with van der Waals surface area (Å²) in [5.74, 6) is -2.22. The molecule has 7 nitrogen and oxygen atoms in total. The summed E-state index contributed by atoms with van der Waals surface area (Å²) in [5.41, 5.74) is -0.338. The van der Waals surface area contributed by atoms with Crippen LogP contribution in [0, 0.1) is 18.3 Å². The molecular formula is C26H17F3N2O5. The van der Waals surface area contributed by atoms with Crippen molar-refractivity contribution in [1.29, 1.82) is 5.26 Å². The Bertz CT molecular complexity index is 1540. The number of aromatic nitrogens is 1. The van der Waals surface area contributed by atoms with Crippen LogP contribution in [0.3, 0.4) is 0 Å². The number of carbonyl (C=O) groups is 2. The maximum absolute atomic E-state index is 13.0. The first-order valence-corrected chi connectivity index (χ1v) is 10.2. The number of nitriles is 1. The van der Waals surface area contributed by atoms with Gasteiger partial charge >= 0.3 is 18.1 Å². The van der Waals surface area contributed by atoms with Crippen molar-refractivity contribution in [2.24, 2.45) is 0 Å². The summed E-state index contributed by atoms with van der Waals surface area (Å²) in [7, 11) is 0. The summed E-state index contributed by atoms with van der Waals surface area (Å²) < 4.78 is 38.9. The number of hydrogen-bond donors (Lipinski definition) is 3. The van der Waals surface area contributed by atoms with Crippen molar-refractivity contribution in [2.45, 2.75) is 13.1 Å². The first kappa shape index (κ1) is 25.7. The third-order valence-electron chi connectivity index (χ3n) is 5.32. The molecule has 1 heterocycles. The molecule has 36 heavy (non-hydrogen) atoms. The average Bonchev–Trinajstić information content (AvgIpc) is 2.83. The SMILES string of the molecule is Cc1c(C(=O)O)cccc1C(=O)O.N#Cc1[nH]c(=O)c2ccc(C(F)(F)F)cc2c1-c1ccccc1. The number of rotatable bonds is 3. The Hall–Kier alpha value is -4.91. The number of halogens is 3. The Morgan fingerprint density at radius 1 is 0.889 bits per heavy atom. The number of fused-ring (bicyclic) bond motifs is 1. The molecule has 0 spiro atoms. The van der Waals surface area contributed by atoms with Gasteiger partial charge in [-0.3, -0.25) is 4.79 Å². The van der Waals surface area contributed by atoms with Gasteiger partial charge < -0.3 is 15.2 Å². The molecule has 10 heteroatoms. The number of hydrogen-bond acceptors (Lipinski definition) is 4. The summed E-state index contributed by atoms with van der Waals surface area (Å²) in [6.07, 6.45) is -4.53. The molecule has 0 saturated carbocycles. The van der Waals surface area contributed by atoms with E-state index in [1.807, 2.05) is 6.07 Å². The van der Waals surface area contributed by atoms with Gasteiger partial charge in [-0.25, -0.2) is 9.59 Å². The van der Waals surface area contributed by atoms with E-state index >= 15 is 0 Å². The molecule has 0 saturated heterocycles. The number of aromatic amines is 1. The van der Waals surface area contributed by atoms with E-state index in [1.54, 1.807) is 30.3 Å². The largest absolute Gasteiger partial charge is 0.478 e. The number of carboxylic acid groups (broad SMARTS) is 2. The van der Waals surface area contributed by atoms with E-state index in [0.29, 0.717) is 5.56 Å². The molecule has 0 amide bonds. The van der Waals surface area contributed by atoms with Gasteiger partial charge in [0, 0.05) is 10.9 Å². The van der Waals surface area contributed by atoms with E-state index in [0.717, 1.165) is 18.2 Å². The third-order valence-corrected chi connectivity index (χ3v) is 5.32. The van der Waals surface area contributed by atoms with Crippen LogP contribution in [0.1, 0.15) is 37.5 Å². The van der Waals surface area contributed by atoms with Gasteiger partial charge in [0.25, 0.3) is 5.56 Å². The zero-order chi connectivity index (χ0) is 26.6. The first-order valence-electron chi connectivity index (χ1n) is 10.2. The second-order valence-corrected chi connectivity index (χ2v) is 7.53. The fraction of sp³-hybridized carbons (Fsp3) is 0.0769. The van der Waals surface area contributed by atoms with Crippen molar-refractivity contribution < 1.29 is 33.0 Å². The van der Waals surface area contributed by atoms with Gasteiger partial charge in [0.05, 0.1) is 16.7 Å². The second kappa shape index (κ2) is 10.1. The van der Waals surface area contributed by atoms with Crippen LogP contribution in [0.5, 0.6) is 0 Å². The van der Waals surface area contributed by atoms with Gasteiger partial charge in [0.1, 0.15) is 11.8 Å². The molecule has 0 fully saturated rings. The predicted octanol–water partition coefficient (Wildman–Crippen LogP) is 5.48. The lowest BCUT2D eigenvalue weighted by Crippen LogP contribution is -2.12. The molecule has 0 aliphatic rings. The Balaban J connectivity index is 0.000000236. The van der Waals surface area contributed by atoms with Crippen LogP contribution in [0.25, 0.3) is 21.9 Å². The molecule has 0 radical (unpaired) electrons. The van der Waals surface area contributed by atoms with Gasteiger partial charge in [-0.2, -0.15) is 18.4 Å². The van der Waals surface area contributed by atoms with Gasteiger partial charge in [-0.05, 0) is 53.8 Å². The quantitative estimate of drug-likeness (QED) is 0.346. The van der Waals surface area contributed by atoms with Crippen molar-refractivity contribution >= 4 is 22.7 Å². The number of alkyl halides is 3. The molecule has 0 aliphatic carbocycles. The summed E-state index contributed by atoms with van der Waals surface area (Å²) in [4.78, 5) is 35.6. The first-order chi connectivity index (χ1) is 17.0. The van der Waals surface area contributed by atoms with Crippen LogP contribution in [0.2, 0.25) is 0 Å². The number of nitrogens with one attached hydrogen (secondary N) is 1. The van der Waals surface area contributed by atoms with Crippen LogP contribution in [0.4, 0.5) is 13.2 Å². The van der Waals surface area contributed by atoms with E-state index in [-0.39, 0.29) is 38.7 Å². The highest BCUT2D eigenvalue weighted by atomic mass is 19.4. The molecule has 4 aromatic rings. The van der Waals surface area contributed by atoms with E-state index in [9.17, 15) is 32.8 Å². The van der Waals surface area contributed by atoms with Crippen LogP contribution >= 0.6 is 0 Å². The maximum atomic E-state index is 13.0. The average molecular weight is 494 g/mol. The molecule has 1 aromatic heterocycles. The number of pyridine rings is 1. The third kappa shape index (κ3) is 5.26. The zero-order valence-electron chi connectivity index (χ0n) is 18.6. The topological polar surface area (TPSA) is 131 Å². The Morgan fingerprint density at radius 2 is 1.47 bits per heavy atom. The van der Waals surface area contributed by atoms with Gasteiger partial charge in [0.2, 0.25) is 0 Å². The minimum atomic E-state index is -4.53. The molecule has 3 N–H and O–H groups in total. The lowest BCUT2D eigenvalue weighted by atomic mass is 9.96. The highest BCUT2D eigenvalue weighted by Gasteiger charge is 2.31. The van der Waals surface area contributed by atoms with Crippen molar-refractivity contribution in [3.63, 3.8) is 0 Å². The van der Waals surface area contributed by atoms with Crippen LogP contribution in [0.15, 0.2) is 71.5 Å². The number of H-pyrrole nitrogens is 1. The highest BCUT2D eigenvalue weighted by Crippen LogP contribution is 2.35. The zero-order valence-corrected chi connectivity index (χ0v) is 18.6. The minimum Gasteiger partial charge on any atom is -0.478 e. The van der Waals surface area contributed by atoms with E-state index < -0.39 is 29.2 Å². The van der Waals surface area contributed by atoms with Crippen LogP contribution in [-0.2, 0) is 6.18 Å². The standard InChI is InChI=1S/C17H9F3N2O.C9H8O4/c18-17(19,20)11-6-7-12-13(8-11)15(10-4-2-1-3-5-10)14(9-21)22-16(12)23;1-5-6(8(10)11)3-2-4-7(5)9(12)13/h1-8H,(H,22,23);2-4H,1H3,(H,10,11)(H,12,13). The minimum absolute atomic E-state index is 0.0277. The second-order valence-electron chi connectivity index (χ2n) is 7.53. The number of aromatic carboxylic acids is 2. The van der Waals surface area contributed by atoms with Crippen LogP contribution in [-0.4, -0.2) is 27.1 Å². The molecule has 182 valence electrons. The number of nitrogens with zero attached hydrogens (tertiary/aromatic N) is 1. The number of benzene rings is 3. The molecular weight excluding hydrogens is 477 g/mol. The Kier molecular flexibility index (Phi) is 7.25. The monoisotopic (exact) mass is 494 g/mol. The molecule has 0 aliphatic heterocycles. The van der Waals surface area contributed by atoms with Gasteiger partial charge in [-0.15, -0.1) is 0 Å². The fourth-order valence-corrected chi connectivity index (χ4v) is 3.59. The molecule has 3 aromatic carbocycles. The molecule has 0 unspecified atom stereocenters. The van der Waals surface area contributed by atoms with Gasteiger partial charge in [0.15, 0.2) is 0 Å². The van der Waals surface area contributed by atoms with Gasteiger partial charge in [-0.1, -0.05) is 36.4 Å². The van der Waals surface area contributed by atoms with E-state index in [1.165, 1.54) is 25.1 Å². The summed E-state index contributed by atoms with van der Waals surface area (Å²) in [6.45, 7) is 1.48. The lowest BCUT2D eigenvalue weighted by molar-refractivity contribution is -0.137. The smallest absolute Gasteiger partial charge is 0.416 e. The predicted molar refractivity (Wildman–Crippen MR) is 125 cm³/mol. The van der Waals surface area contributed by atoms with E-state index in [4.69, 9.17) is 10.2 Å². The lowest BCUT2D eigenvalue weighted by Gasteiger charge is -2.12. The summed E-state index contributed by atoms with van der Waals surface area (Å²) >= 11 is 0. The Labute approximate surface area is 201 Å². The van der Waals surface area contributed by atoms with Crippen LogP contribution < -0.4 is 5.56 Å². The van der Waals surface area contributed by atoms with Crippen molar-refractivity contribution in [3.05, 3.63) is 105 Å². The molecule has 4 rings (SSSR count). The Morgan fingerprint density at radius 3 is 1.97 bits per heavy atom. The maximum Gasteiger partial charge on any atom is 0.416 e. The molecule has 0 bridgehead atoms. The normalized spacial score (nSPS) is 10.8. The summed E-state index contributed by atoms with van der Waals surface area (Å²) in [5, 5.41) is 26.8. The molecule has 0 atom stereocenters. The van der Waals surface area contributed by atoms with Crippen molar-refractivity contribution in [3.8, 4) is 17.2 Å². The van der Waals surface area contributed by atoms with E-state index in [2.05, 4.69) is 4.98 Å². The fourth-order valence-electron chi connectivity index (χ4n) is 3.59. The summed E-state index contributed by atoms with van der Waals surface area (Å²) in [6, 6.07) is 17.4. The highest BCUT2D eigenvalue weighted by molar-refractivity contribution is 5.98.